The molecular weight excluding hydrogens is 228 g/mol. The molecule has 0 radical (unpaired) electrons. The van der Waals surface area contributed by atoms with Gasteiger partial charge in [0.1, 0.15) is 5.75 Å². The van der Waals surface area contributed by atoms with E-state index in [0.29, 0.717) is 12.8 Å². The van der Waals surface area contributed by atoms with Gasteiger partial charge in [-0.3, -0.25) is 0 Å². The van der Waals surface area contributed by atoms with E-state index in [2.05, 4.69) is 6.92 Å². The van der Waals surface area contributed by atoms with Crippen LogP contribution in [0.5, 0.6) is 5.75 Å². The van der Waals surface area contributed by atoms with Gasteiger partial charge in [0.15, 0.2) is 0 Å². The monoisotopic (exact) mass is 248 g/mol. The maximum atomic E-state index is 11.6. The van der Waals surface area contributed by atoms with E-state index < -0.39 is 11.6 Å². The summed E-state index contributed by atoms with van der Waals surface area (Å²) in [6.07, 6.45) is 5.04. The average Bonchev–Trinajstić information content (AvgIpc) is 2.40. The van der Waals surface area contributed by atoms with E-state index in [1.165, 1.54) is 0 Å². The van der Waals surface area contributed by atoms with Gasteiger partial charge in [-0.15, -0.1) is 0 Å². The van der Waals surface area contributed by atoms with E-state index in [0.717, 1.165) is 37.0 Å². The Balaban J connectivity index is 2.26. The fourth-order valence-electron chi connectivity index (χ4n) is 2.59. The predicted octanol–water partition coefficient (Wildman–Crippen LogP) is 3.42. The van der Waals surface area contributed by atoms with Gasteiger partial charge in [-0.25, -0.2) is 4.79 Å². The van der Waals surface area contributed by atoms with Gasteiger partial charge in [0, 0.05) is 0 Å². The lowest BCUT2D eigenvalue weighted by molar-refractivity contribution is -0.158. The number of hydrogen-bond acceptors (Lipinski definition) is 2. The molecule has 0 unspecified atom stereocenters. The Kier molecular flexibility index (Phi) is 3.90. The van der Waals surface area contributed by atoms with E-state index in [9.17, 15) is 9.90 Å². The van der Waals surface area contributed by atoms with Crippen molar-refractivity contribution in [2.24, 2.45) is 0 Å². The van der Waals surface area contributed by atoms with Crippen molar-refractivity contribution in [1.82, 2.24) is 0 Å². The minimum Gasteiger partial charge on any atom is -0.478 e. The topological polar surface area (TPSA) is 46.5 Å². The highest BCUT2D eigenvalue weighted by Crippen LogP contribution is 2.34. The quantitative estimate of drug-likeness (QED) is 0.888. The molecule has 98 valence electrons. The minimum atomic E-state index is -1.01. The Morgan fingerprint density at radius 3 is 2.56 bits per heavy atom. The molecule has 2 rings (SSSR count). The molecule has 1 aliphatic rings. The number of carboxylic acid groups (broad SMARTS) is 1. The summed E-state index contributed by atoms with van der Waals surface area (Å²) in [5.41, 5.74) is 0.0625. The van der Waals surface area contributed by atoms with Crippen LogP contribution < -0.4 is 4.74 Å². The summed E-state index contributed by atoms with van der Waals surface area (Å²) in [7, 11) is 0. The second-order valence-corrected chi connectivity index (χ2v) is 4.92. The lowest BCUT2D eigenvalue weighted by Crippen LogP contribution is -2.46. The van der Waals surface area contributed by atoms with E-state index in [4.69, 9.17) is 4.74 Å². The zero-order valence-electron chi connectivity index (χ0n) is 10.8. The molecule has 0 spiro atoms. The number of carboxylic acids is 1. The highest BCUT2D eigenvalue weighted by atomic mass is 16.5. The van der Waals surface area contributed by atoms with Crippen LogP contribution in [-0.4, -0.2) is 16.7 Å². The average molecular weight is 248 g/mol. The first kappa shape index (κ1) is 12.9. The summed E-state index contributed by atoms with van der Waals surface area (Å²) < 4.78 is 5.93. The number of aryl methyl sites for hydroxylation is 1. The number of carbonyl (C=O) groups is 1. The van der Waals surface area contributed by atoms with Gasteiger partial charge in [0.25, 0.3) is 0 Å². The summed E-state index contributed by atoms with van der Waals surface area (Å²) in [4.78, 5) is 11.6. The third kappa shape index (κ3) is 2.50. The molecule has 1 aromatic carbocycles. The van der Waals surface area contributed by atoms with Gasteiger partial charge in [-0.05, 0) is 43.7 Å². The smallest absolute Gasteiger partial charge is 0.348 e. The maximum Gasteiger partial charge on any atom is 0.348 e. The Labute approximate surface area is 108 Å². The standard InChI is InChI=1S/C15H20O3/c1-2-12-8-4-5-9-13(12)18-15(14(16)17)10-6-3-7-11-15/h4-5,8-9H,2-3,6-7,10-11H2,1H3,(H,16,17). The molecule has 0 bridgehead atoms. The van der Waals surface area contributed by atoms with Crippen molar-refractivity contribution >= 4 is 5.97 Å². The maximum absolute atomic E-state index is 11.6. The molecule has 0 amide bonds. The molecule has 3 nitrogen and oxygen atoms in total. The van der Waals surface area contributed by atoms with Crippen molar-refractivity contribution in [3.05, 3.63) is 29.8 Å². The van der Waals surface area contributed by atoms with Crippen LogP contribution in [0, 0.1) is 0 Å². The van der Waals surface area contributed by atoms with Gasteiger partial charge < -0.3 is 9.84 Å². The van der Waals surface area contributed by atoms with Crippen molar-refractivity contribution in [1.29, 1.82) is 0 Å². The molecule has 0 saturated heterocycles. The van der Waals surface area contributed by atoms with Crippen LogP contribution >= 0.6 is 0 Å². The molecule has 0 aliphatic heterocycles. The molecular formula is C15H20O3. The van der Waals surface area contributed by atoms with Crippen LogP contribution in [0.25, 0.3) is 0 Å². The number of hydrogen-bond donors (Lipinski definition) is 1. The van der Waals surface area contributed by atoms with E-state index in [1.807, 2.05) is 24.3 Å². The minimum absolute atomic E-state index is 0.611. The molecule has 1 saturated carbocycles. The lowest BCUT2D eigenvalue weighted by Gasteiger charge is -2.34. The first-order valence-electron chi connectivity index (χ1n) is 6.68. The molecule has 0 heterocycles. The SMILES string of the molecule is CCc1ccccc1OC1(C(=O)O)CCCCC1. The van der Waals surface area contributed by atoms with Gasteiger partial charge in [-0.1, -0.05) is 31.5 Å². The van der Waals surface area contributed by atoms with Crippen molar-refractivity contribution in [3.63, 3.8) is 0 Å². The van der Waals surface area contributed by atoms with E-state index in [1.54, 1.807) is 0 Å². The Morgan fingerprint density at radius 2 is 1.94 bits per heavy atom. The van der Waals surface area contributed by atoms with Gasteiger partial charge >= 0.3 is 5.97 Å². The van der Waals surface area contributed by atoms with Gasteiger partial charge in [0.05, 0.1) is 0 Å². The van der Waals surface area contributed by atoms with Crippen molar-refractivity contribution in [2.45, 2.75) is 51.0 Å². The Bertz CT molecular complexity index is 420. The zero-order chi connectivity index (χ0) is 13.0. The molecule has 0 aromatic heterocycles. The first-order valence-corrected chi connectivity index (χ1v) is 6.68. The number of rotatable bonds is 4. The van der Waals surface area contributed by atoms with Crippen molar-refractivity contribution in [3.8, 4) is 5.75 Å². The largest absolute Gasteiger partial charge is 0.478 e. The third-order valence-electron chi connectivity index (χ3n) is 3.71. The predicted molar refractivity (Wildman–Crippen MR) is 69.9 cm³/mol. The Morgan fingerprint density at radius 1 is 1.28 bits per heavy atom. The van der Waals surface area contributed by atoms with E-state index in [-0.39, 0.29) is 0 Å². The molecule has 3 heteroatoms. The Hall–Kier alpha value is -1.51. The molecule has 1 fully saturated rings. The first-order chi connectivity index (χ1) is 8.68. The van der Waals surface area contributed by atoms with Crippen LogP contribution in [0.2, 0.25) is 0 Å². The number of benzene rings is 1. The van der Waals surface area contributed by atoms with Gasteiger partial charge in [-0.2, -0.15) is 0 Å². The summed E-state index contributed by atoms with van der Waals surface area (Å²) in [5.74, 6) is -0.0996. The normalized spacial score (nSPS) is 18.3. The number of ether oxygens (including phenoxy) is 1. The molecule has 1 N–H and O–H groups in total. The van der Waals surface area contributed by atoms with Crippen LogP contribution in [0.3, 0.4) is 0 Å². The second kappa shape index (κ2) is 5.42. The number of para-hydroxylation sites is 1. The number of aliphatic carboxylic acids is 1. The van der Waals surface area contributed by atoms with Crippen LogP contribution in [0.15, 0.2) is 24.3 Å². The van der Waals surface area contributed by atoms with Crippen molar-refractivity contribution in [2.75, 3.05) is 0 Å². The molecule has 1 aliphatic carbocycles. The van der Waals surface area contributed by atoms with Gasteiger partial charge in [0.2, 0.25) is 5.60 Å². The summed E-state index contributed by atoms with van der Waals surface area (Å²) in [6.45, 7) is 2.05. The molecule has 0 atom stereocenters. The van der Waals surface area contributed by atoms with E-state index >= 15 is 0 Å². The fraction of sp³-hybridized carbons (Fsp3) is 0.533. The summed E-state index contributed by atoms with van der Waals surface area (Å²) >= 11 is 0. The summed E-state index contributed by atoms with van der Waals surface area (Å²) in [5, 5.41) is 9.49. The lowest BCUT2D eigenvalue weighted by atomic mass is 9.84. The van der Waals surface area contributed by atoms with Crippen LogP contribution in [0.4, 0.5) is 0 Å². The van der Waals surface area contributed by atoms with Crippen molar-refractivity contribution < 1.29 is 14.6 Å². The fourth-order valence-corrected chi connectivity index (χ4v) is 2.59. The summed E-state index contributed by atoms with van der Waals surface area (Å²) in [6, 6.07) is 7.72. The van der Waals surface area contributed by atoms with Crippen LogP contribution in [-0.2, 0) is 11.2 Å². The highest BCUT2D eigenvalue weighted by molar-refractivity contribution is 5.78. The molecule has 1 aromatic rings. The van der Waals surface area contributed by atoms with Crippen LogP contribution in [0.1, 0.15) is 44.6 Å². The molecule has 18 heavy (non-hydrogen) atoms. The zero-order valence-corrected chi connectivity index (χ0v) is 10.8. The third-order valence-corrected chi connectivity index (χ3v) is 3.71. The second-order valence-electron chi connectivity index (χ2n) is 4.92. The highest BCUT2D eigenvalue weighted by Gasteiger charge is 2.42.